The van der Waals surface area contributed by atoms with Crippen LogP contribution < -0.4 is 4.90 Å². The lowest BCUT2D eigenvalue weighted by Gasteiger charge is -2.22. The Morgan fingerprint density at radius 3 is 2.42 bits per heavy atom. The van der Waals surface area contributed by atoms with Crippen LogP contribution >= 0.6 is 0 Å². The van der Waals surface area contributed by atoms with Crippen LogP contribution in [0.4, 0.5) is 5.69 Å². The average Bonchev–Trinajstić information content (AvgIpc) is 3.16. The lowest BCUT2D eigenvalue weighted by molar-refractivity contribution is -0.180. The van der Waals surface area contributed by atoms with Gasteiger partial charge in [-0.05, 0) is 18.9 Å². The number of nitrogens with zero attached hydrogens (tertiary/aromatic N) is 1. The van der Waals surface area contributed by atoms with Crippen LogP contribution in [0.1, 0.15) is 63.0 Å². The third-order valence-corrected chi connectivity index (χ3v) is 5.07. The van der Waals surface area contributed by atoms with E-state index in [0.717, 1.165) is 29.8 Å². The molecule has 2 aliphatic rings. The van der Waals surface area contributed by atoms with Crippen molar-refractivity contribution < 1.29 is 14.3 Å². The number of hydrogen-bond donors (Lipinski definition) is 0. The van der Waals surface area contributed by atoms with Crippen molar-refractivity contribution in [1.29, 1.82) is 0 Å². The van der Waals surface area contributed by atoms with Crippen LogP contribution in [0.15, 0.2) is 18.2 Å². The Morgan fingerprint density at radius 2 is 1.71 bits per heavy atom. The average molecular weight is 331 g/mol. The van der Waals surface area contributed by atoms with Gasteiger partial charge in [0.1, 0.15) is 0 Å². The zero-order valence-electron chi connectivity index (χ0n) is 15.0. The molecule has 4 heteroatoms. The molecule has 1 fully saturated rings. The van der Waals surface area contributed by atoms with Crippen molar-refractivity contribution in [2.45, 2.75) is 64.6 Å². The molecule has 2 heterocycles. The molecule has 2 aliphatic heterocycles. The first-order chi connectivity index (χ1) is 11.7. The van der Waals surface area contributed by atoms with Gasteiger partial charge in [-0.25, -0.2) is 0 Å². The van der Waals surface area contributed by atoms with Crippen molar-refractivity contribution in [3.63, 3.8) is 0 Å². The third-order valence-electron chi connectivity index (χ3n) is 5.07. The van der Waals surface area contributed by atoms with E-state index in [1.165, 1.54) is 38.5 Å². The summed E-state index contributed by atoms with van der Waals surface area (Å²) in [6, 6.07) is 6.00. The Hall–Kier alpha value is -1.39. The first kappa shape index (κ1) is 17.4. The predicted octanol–water partition coefficient (Wildman–Crippen LogP) is 4.29. The van der Waals surface area contributed by atoms with Crippen molar-refractivity contribution in [1.82, 2.24) is 0 Å². The number of amides is 1. The maximum absolute atomic E-state index is 13.0. The van der Waals surface area contributed by atoms with Crippen LogP contribution in [0.2, 0.25) is 0 Å². The van der Waals surface area contributed by atoms with Gasteiger partial charge in [0.2, 0.25) is 0 Å². The van der Waals surface area contributed by atoms with E-state index in [9.17, 15) is 4.79 Å². The molecule has 1 spiro atoms. The molecule has 0 aromatic heterocycles. The molecule has 0 N–H and O–H groups in total. The quantitative estimate of drug-likeness (QED) is 0.667. The smallest absolute Gasteiger partial charge is 0.292 e. The first-order valence-electron chi connectivity index (χ1n) is 9.40. The number of benzene rings is 1. The molecule has 24 heavy (non-hydrogen) atoms. The summed E-state index contributed by atoms with van der Waals surface area (Å²) in [5.74, 6) is -1.22. The summed E-state index contributed by atoms with van der Waals surface area (Å²) in [5.41, 5.74) is 2.99. The van der Waals surface area contributed by atoms with Crippen molar-refractivity contribution >= 4 is 11.6 Å². The van der Waals surface area contributed by atoms with Crippen LogP contribution in [0.3, 0.4) is 0 Å². The van der Waals surface area contributed by atoms with Gasteiger partial charge in [-0.1, -0.05) is 63.6 Å². The number of unbranched alkanes of at least 4 members (excludes halogenated alkanes) is 6. The molecule has 0 atom stereocenters. The number of aryl methyl sites for hydroxylation is 1. The van der Waals surface area contributed by atoms with E-state index >= 15 is 0 Å². The maximum Gasteiger partial charge on any atom is 0.292 e. The van der Waals surface area contributed by atoms with Gasteiger partial charge in [-0.2, -0.15) is 0 Å². The standard InChI is InChI=1S/C20H29NO3/c1-3-4-5-6-7-8-9-13-21-18-16(2)11-10-12-17(18)20(19(21)22)23-14-15-24-20/h10-12H,3-9,13-15H2,1-2H3. The zero-order chi connectivity index (χ0) is 17.0. The lowest BCUT2D eigenvalue weighted by atomic mass is 10.0. The molecule has 0 unspecified atom stereocenters. The number of ether oxygens (including phenoxy) is 2. The summed E-state index contributed by atoms with van der Waals surface area (Å²) < 4.78 is 11.6. The number of hydrogen-bond acceptors (Lipinski definition) is 3. The monoisotopic (exact) mass is 331 g/mol. The molecule has 0 radical (unpaired) electrons. The van der Waals surface area contributed by atoms with Crippen LogP contribution in [0.25, 0.3) is 0 Å². The van der Waals surface area contributed by atoms with E-state index in [2.05, 4.69) is 19.9 Å². The number of carbonyl (C=O) groups excluding carboxylic acids is 1. The highest BCUT2D eigenvalue weighted by Crippen LogP contribution is 2.47. The third kappa shape index (κ3) is 3.09. The van der Waals surface area contributed by atoms with E-state index in [-0.39, 0.29) is 5.91 Å². The highest BCUT2D eigenvalue weighted by Gasteiger charge is 2.56. The molecule has 1 aromatic carbocycles. The second-order valence-electron chi connectivity index (χ2n) is 6.86. The van der Waals surface area contributed by atoms with Crippen LogP contribution in [0.5, 0.6) is 0 Å². The van der Waals surface area contributed by atoms with Crippen molar-refractivity contribution in [3.05, 3.63) is 29.3 Å². The molecule has 0 aliphatic carbocycles. The minimum Gasteiger partial charge on any atom is -0.336 e. The fourth-order valence-electron chi connectivity index (χ4n) is 3.81. The predicted molar refractivity (Wildman–Crippen MR) is 95.1 cm³/mol. The van der Waals surface area contributed by atoms with Gasteiger partial charge in [-0.3, -0.25) is 4.79 Å². The zero-order valence-corrected chi connectivity index (χ0v) is 15.0. The van der Waals surface area contributed by atoms with E-state index in [1.807, 2.05) is 17.0 Å². The van der Waals surface area contributed by atoms with Crippen LogP contribution in [-0.2, 0) is 20.1 Å². The van der Waals surface area contributed by atoms with Gasteiger partial charge in [-0.15, -0.1) is 0 Å². The first-order valence-corrected chi connectivity index (χ1v) is 9.40. The summed E-state index contributed by atoms with van der Waals surface area (Å²) in [6.07, 6.45) is 8.68. The Labute approximate surface area is 145 Å². The highest BCUT2D eigenvalue weighted by atomic mass is 16.7. The van der Waals surface area contributed by atoms with Crippen molar-refractivity contribution in [3.8, 4) is 0 Å². The Balaban J connectivity index is 1.65. The molecule has 1 amide bonds. The molecular formula is C20H29NO3. The van der Waals surface area contributed by atoms with E-state index < -0.39 is 5.79 Å². The fraction of sp³-hybridized carbons (Fsp3) is 0.650. The SMILES string of the molecule is CCCCCCCCCN1C(=O)C2(OCCO2)c2cccc(C)c21. The Bertz CT molecular complexity index is 578. The summed E-state index contributed by atoms with van der Waals surface area (Å²) in [4.78, 5) is 14.9. The van der Waals surface area contributed by atoms with Crippen LogP contribution in [-0.4, -0.2) is 25.7 Å². The summed E-state index contributed by atoms with van der Waals surface area (Å²) in [5, 5.41) is 0. The summed E-state index contributed by atoms with van der Waals surface area (Å²) >= 11 is 0. The van der Waals surface area contributed by atoms with E-state index in [1.54, 1.807) is 0 Å². The second-order valence-corrected chi connectivity index (χ2v) is 6.86. The topological polar surface area (TPSA) is 38.8 Å². The molecule has 4 nitrogen and oxygen atoms in total. The van der Waals surface area contributed by atoms with Crippen molar-refractivity contribution in [2.24, 2.45) is 0 Å². The second kappa shape index (κ2) is 7.66. The van der Waals surface area contributed by atoms with Crippen molar-refractivity contribution in [2.75, 3.05) is 24.7 Å². The Kier molecular flexibility index (Phi) is 5.57. The summed E-state index contributed by atoms with van der Waals surface area (Å²) in [7, 11) is 0. The molecule has 132 valence electrons. The van der Waals surface area contributed by atoms with Gasteiger partial charge >= 0.3 is 0 Å². The number of fused-ring (bicyclic) bond motifs is 2. The normalized spacial score (nSPS) is 18.6. The van der Waals surface area contributed by atoms with Gasteiger partial charge < -0.3 is 14.4 Å². The minimum atomic E-state index is -1.18. The van der Waals surface area contributed by atoms with E-state index in [4.69, 9.17) is 9.47 Å². The van der Waals surface area contributed by atoms with Crippen LogP contribution in [0, 0.1) is 6.92 Å². The fourth-order valence-corrected chi connectivity index (χ4v) is 3.81. The maximum atomic E-state index is 13.0. The molecule has 0 bridgehead atoms. The molecule has 3 rings (SSSR count). The number of para-hydroxylation sites is 1. The number of carbonyl (C=O) groups is 1. The van der Waals surface area contributed by atoms with Gasteiger partial charge in [0.05, 0.1) is 18.9 Å². The van der Waals surface area contributed by atoms with Gasteiger partial charge in [0.25, 0.3) is 11.7 Å². The number of rotatable bonds is 8. The minimum absolute atomic E-state index is 0.0460. The highest BCUT2D eigenvalue weighted by molar-refractivity contribution is 6.07. The molecular weight excluding hydrogens is 302 g/mol. The molecule has 0 saturated carbocycles. The van der Waals surface area contributed by atoms with E-state index in [0.29, 0.717) is 13.2 Å². The van der Waals surface area contributed by atoms with Gasteiger partial charge in [0, 0.05) is 12.1 Å². The number of anilines is 1. The lowest BCUT2D eigenvalue weighted by Crippen LogP contribution is -2.41. The molecule has 1 aromatic rings. The largest absolute Gasteiger partial charge is 0.336 e. The summed E-state index contributed by atoms with van der Waals surface area (Å²) in [6.45, 7) is 5.99. The molecule has 1 saturated heterocycles. The Morgan fingerprint density at radius 1 is 1.04 bits per heavy atom. The van der Waals surface area contributed by atoms with Gasteiger partial charge in [0.15, 0.2) is 0 Å².